The number of hydrazone groups is 1. The third-order valence-corrected chi connectivity index (χ3v) is 8.35. The highest BCUT2D eigenvalue weighted by Crippen LogP contribution is 2.35. The molecule has 11 heteroatoms. The Kier molecular flexibility index (Phi) is 8.20. The lowest BCUT2D eigenvalue weighted by Crippen LogP contribution is -2.39. The number of nitrogens with zero attached hydrogens (tertiary/aromatic N) is 3. The van der Waals surface area contributed by atoms with Crippen molar-refractivity contribution in [3.63, 3.8) is 0 Å². The van der Waals surface area contributed by atoms with Gasteiger partial charge in [-0.05, 0) is 68.4 Å². The third kappa shape index (κ3) is 5.75. The van der Waals surface area contributed by atoms with Gasteiger partial charge in [0.2, 0.25) is 0 Å². The highest BCUT2D eigenvalue weighted by atomic mass is 35.5. The molecule has 0 atom stereocenters. The standard InChI is InChI=1S/C27H23Cl2FN4O3S/c1-18-15-20(19(2)34(18)22-13-11-21(30)12-14-22)16-31-32-26(35)17-33(25-10-6-9-24(28)27(25)29)38(36,37)23-7-4-3-5-8-23/h3-16H,17H2,1-2H3,(H,32,35)/b31-16-. The zero-order valence-electron chi connectivity index (χ0n) is 20.4. The summed E-state index contributed by atoms with van der Waals surface area (Å²) in [5.74, 6) is -1.02. The number of aromatic nitrogens is 1. The molecule has 0 aliphatic rings. The number of benzene rings is 3. The van der Waals surface area contributed by atoms with Gasteiger partial charge < -0.3 is 4.57 Å². The lowest BCUT2D eigenvalue weighted by Gasteiger charge is -2.24. The van der Waals surface area contributed by atoms with Crippen molar-refractivity contribution < 1.29 is 17.6 Å². The Balaban J connectivity index is 1.57. The molecule has 0 fully saturated rings. The SMILES string of the molecule is Cc1cc(/C=N\NC(=O)CN(c2cccc(Cl)c2Cl)S(=O)(=O)c2ccccc2)c(C)n1-c1ccc(F)cc1. The average Bonchev–Trinajstić information content (AvgIpc) is 3.18. The second-order valence-corrected chi connectivity index (χ2v) is 11.0. The van der Waals surface area contributed by atoms with Crippen LogP contribution in [0.2, 0.25) is 10.0 Å². The number of rotatable bonds is 8. The Bertz CT molecular complexity index is 1610. The summed E-state index contributed by atoms with van der Waals surface area (Å²) < 4.78 is 43.0. The first-order chi connectivity index (χ1) is 18.1. The average molecular weight is 573 g/mol. The van der Waals surface area contributed by atoms with Crippen LogP contribution in [-0.2, 0) is 14.8 Å². The minimum absolute atomic E-state index is 0.00166. The molecule has 1 N–H and O–H groups in total. The van der Waals surface area contributed by atoms with Crippen LogP contribution in [0.1, 0.15) is 17.0 Å². The van der Waals surface area contributed by atoms with E-state index in [1.165, 1.54) is 42.6 Å². The molecule has 1 aromatic heterocycles. The molecule has 0 unspecified atom stereocenters. The van der Waals surface area contributed by atoms with Crippen LogP contribution in [0.5, 0.6) is 0 Å². The van der Waals surface area contributed by atoms with Crippen LogP contribution < -0.4 is 9.73 Å². The Morgan fingerprint density at radius 2 is 1.71 bits per heavy atom. The maximum Gasteiger partial charge on any atom is 0.264 e. The molecule has 0 spiro atoms. The first kappa shape index (κ1) is 27.4. The van der Waals surface area contributed by atoms with E-state index in [0.717, 1.165) is 26.9 Å². The van der Waals surface area contributed by atoms with Crippen molar-refractivity contribution in [2.24, 2.45) is 5.10 Å². The second-order valence-electron chi connectivity index (χ2n) is 8.33. The van der Waals surface area contributed by atoms with Gasteiger partial charge in [0.1, 0.15) is 12.4 Å². The predicted molar refractivity (Wildman–Crippen MR) is 148 cm³/mol. The Hall–Kier alpha value is -3.66. The number of anilines is 1. The van der Waals surface area contributed by atoms with Crippen molar-refractivity contribution in [1.29, 1.82) is 0 Å². The summed E-state index contributed by atoms with van der Waals surface area (Å²) in [5, 5.41) is 4.17. The molecule has 1 amide bonds. The number of sulfonamides is 1. The highest BCUT2D eigenvalue weighted by molar-refractivity contribution is 7.92. The van der Waals surface area contributed by atoms with Crippen molar-refractivity contribution in [3.05, 3.63) is 112 Å². The molecular formula is C27H23Cl2FN4O3S. The van der Waals surface area contributed by atoms with Crippen LogP contribution in [0.25, 0.3) is 5.69 Å². The number of aryl methyl sites for hydroxylation is 1. The maximum absolute atomic E-state index is 13.4. The molecule has 3 aromatic carbocycles. The van der Waals surface area contributed by atoms with Gasteiger partial charge in [-0.25, -0.2) is 18.2 Å². The van der Waals surface area contributed by atoms with E-state index in [-0.39, 0.29) is 26.4 Å². The van der Waals surface area contributed by atoms with Gasteiger partial charge in [-0.2, -0.15) is 5.10 Å². The van der Waals surface area contributed by atoms with Crippen molar-refractivity contribution >= 4 is 51.0 Å². The van der Waals surface area contributed by atoms with Gasteiger partial charge in [0, 0.05) is 22.6 Å². The summed E-state index contributed by atoms with van der Waals surface area (Å²) in [6.45, 7) is 3.17. The molecular weight excluding hydrogens is 550 g/mol. The van der Waals surface area contributed by atoms with E-state index in [1.54, 1.807) is 36.4 Å². The summed E-state index contributed by atoms with van der Waals surface area (Å²) in [4.78, 5) is 12.8. The highest BCUT2D eigenvalue weighted by Gasteiger charge is 2.29. The monoisotopic (exact) mass is 572 g/mol. The van der Waals surface area contributed by atoms with Crippen LogP contribution in [0.3, 0.4) is 0 Å². The lowest BCUT2D eigenvalue weighted by atomic mass is 10.2. The molecule has 0 saturated heterocycles. The summed E-state index contributed by atoms with van der Waals surface area (Å²) in [6.07, 6.45) is 1.46. The van der Waals surface area contributed by atoms with Crippen LogP contribution in [0.15, 0.2) is 88.9 Å². The van der Waals surface area contributed by atoms with Gasteiger partial charge in [0.05, 0.1) is 26.8 Å². The van der Waals surface area contributed by atoms with E-state index >= 15 is 0 Å². The van der Waals surface area contributed by atoms with Gasteiger partial charge in [0.15, 0.2) is 0 Å². The van der Waals surface area contributed by atoms with E-state index in [0.29, 0.717) is 0 Å². The van der Waals surface area contributed by atoms with Crippen molar-refractivity contribution in [2.45, 2.75) is 18.7 Å². The van der Waals surface area contributed by atoms with E-state index in [9.17, 15) is 17.6 Å². The van der Waals surface area contributed by atoms with Crippen LogP contribution in [0, 0.1) is 19.7 Å². The van der Waals surface area contributed by atoms with Gasteiger partial charge in [-0.1, -0.05) is 47.5 Å². The molecule has 1 heterocycles. The summed E-state index contributed by atoms with van der Waals surface area (Å²) >= 11 is 12.4. The summed E-state index contributed by atoms with van der Waals surface area (Å²) in [6, 6.07) is 20.2. The van der Waals surface area contributed by atoms with Gasteiger partial charge in [-0.15, -0.1) is 0 Å². The topological polar surface area (TPSA) is 83.8 Å². The van der Waals surface area contributed by atoms with Crippen LogP contribution in [-0.4, -0.2) is 31.7 Å². The number of nitrogens with one attached hydrogen (secondary N) is 1. The Labute approximate surface area is 230 Å². The quantitative estimate of drug-likeness (QED) is 0.211. The normalized spacial score (nSPS) is 11.6. The molecule has 196 valence electrons. The van der Waals surface area contributed by atoms with E-state index in [2.05, 4.69) is 10.5 Å². The van der Waals surface area contributed by atoms with Gasteiger partial charge in [-0.3, -0.25) is 9.10 Å². The van der Waals surface area contributed by atoms with Crippen molar-refractivity contribution in [2.75, 3.05) is 10.8 Å². The smallest absolute Gasteiger partial charge is 0.264 e. The Morgan fingerprint density at radius 1 is 1.03 bits per heavy atom. The fourth-order valence-corrected chi connectivity index (χ4v) is 5.85. The van der Waals surface area contributed by atoms with Crippen LogP contribution >= 0.6 is 23.2 Å². The zero-order chi connectivity index (χ0) is 27.4. The molecule has 38 heavy (non-hydrogen) atoms. The lowest BCUT2D eigenvalue weighted by molar-refractivity contribution is -0.119. The Morgan fingerprint density at radius 3 is 2.39 bits per heavy atom. The molecule has 0 bridgehead atoms. The number of amides is 1. The number of carbonyl (C=O) groups excluding carboxylic acids is 1. The van der Waals surface area contributed by atoms with E-state index < -0.39 is 22.5 Å². The molecule has 0 aliphatic carbocycles. The fourth-order valence-electron chi connectivity index (χ4n) is 3.95. The molecule has 0 saturated carbocycles. The van der Waals surface area contributed by atoms with Gasteiger partial charge in [0.25, 0.3) is 15.9 Å². The number of hydrogen-bond acceptors (Lipinski definition) is 4. The number of halogens is 3. The number of carbonyl (C=O) groups is 1. The summed E-state index contributed by atoms with van der Waals surface area (Å²) in [7, 11) is -4.16. The first-order valence-electron chi connectivity index (χ1n) is 11.4. The van der Waals surface area contributed by atoms with E-state index in [4.69, 9.17) is 23.2 Å². The minimum Gasteiger partial charge on any atom is -0.318 e. The molecule has 4 rings (SSSR count). The third-order valence-electron chi connectivity index (χ3n) is 5.77. The second kappa shape index (κ2) is 11.4. The van der Waals surface area contributed by atoms with E-state index in [1.807, 2.05) is 24.5 Å². The molecule has 0 aliphatic heterocycles. The van der Waals surface area contributed by atoms with Gasteiger partial charge >= 0.3 is 0 Å². The molecule has 7 nitrogen and oxygen atoms in total. The van der Waals surface area contributed by atoms with Crippen LogP contribution in [0.4, 0.5) is 10.1 Å². The molecule has 4 aromatic rings. The first-order valence-corrected chi connectivity index (χ1v) is 13.6. The minimum atomic E-state index is -4.16. The van der Waals surface area contributed by atoms with Crippen molar-refractivity contribution in [3.8, 4) is 5.69 Å². The van der Waals surface area contributed by atoms with Crippen molar-refractivity contribution in [1.82, 2.24) is 9.99 Å². The molecule has 0 radical (unpaired) electrons. The number of hydrogen-bond donors (Lipinski definition) is 1. The maximum atomic E-state index is 13.4. The summed E-state index contributed by atoms with van der Waals surface area (Å²) in [5.41, 5.74) is 5.66. The largest absolute Gasteiger partial charge is 0.318 e. The predicted octanol–water partition coefficient (Wildman–Crippen LogP) is 5.89. The fraction of sp³-hybridized carbons (Fsp3) is 0.111. The zero-order valence-corrected chi connectivity index (χ0v) is 22.7.